The number of carbonyl (C=O) groups excluding carboxylic acids is 1. The van der Waals surface area contributed by atoms with E-state index in [9.17, 15) is 9.59 Å². The minimum atomic E-state index is -0.483. The van der Waals surface area contributed by atoms with Gasteiger partial charge in [0.15, 0.2) is 5.16 Å². The van der Waals surface area contributed by atoms with E-state index < -0.39 is 5.25 Å². The van der Waals surface area contributed by atoms with Crippen LogP contribution in [0.3, 0.4) is 0 Å². The quantitative estimate of drug-likeness (QED) is 0.524. The van der Waals surface area contributed by atoms with Crippen LogP contribution in [0.2, 0.25) is 0 Å². The van der Waals surface area contributed by atoms with Gasteiger partial charge in [-0.25, -0.2) is 4.98 Å². The first-order valence-corrected chi connectivity index (χ1v) is 9.77. The summed E-state index contributed by atoms with van der Waals surface area (Å²) in [5.74, 6) is -0.224. The van der Waals surface area contributed by atoms with Gasteiger partial charge in [0, 0.05) is 11.7 Å². The van der Waals surface area contributed by atoms with Crippen LogP contribution in [0.5, 0.6) is 0 Å². The Morgan fingerprint density at radius 3 is 2.64 bits per heavy atom. The summed E-state index contributed by atoms with van der Waals surface area (Å²) >= 11 is 1.24. The fourth-order valence-electron chi connectivity index (χ4n) is 2.79. The summed E-state index contributed by atoms with van der Waals surface area (Å²) in [7, 11) is 0. The highest BCUT2D eigenvalue weighted by Gasteiger charge is 2.20. The molecule has 7 heteroatoms. The highest BCUT2D eigenvalue weighted by Crippen LogP contribution is 2.25. The van der Waals surface area contributed by atoms with E-state index in [0.717, 1.165) is 0 Å². The minimum Gasteiger partial charge on any atom is -0.325 e. The van der Waals surface area contributed by atoms with Crippen LogP contribution in [0.25, 0.3) is 10.9 Å². The average molecular weight is 392 g/mol. The van der Waals surface area contributed by atoms with Crippen LogP contribution in [0, 0.1) is 11.3 Å². The number of hydrogen-bond donors (Lipinski definition) is 1. The molecule has 3 aromatic rings. The second kappa shape index (κ2) is 8.28. The van der Waals surface area contributed by atoms with Crippen LogP contribution in [0.15, 0.2) is 58.5 Å². The summed E-state index contributed by atoms with van der Waals surface area (Å²) < 4.78 is 1.62. The molecule has 28 heavy (non-hydrogen) atoms. The second-order valence-electron chi connectivity index (χ2n) is 6.62. The van der Waals surface area contributed by atoms with Gasteiger partial charge in [-0.3, -0.25) is 14.2 Å². The predicted molar refractivity (Wildman–Crippen MR) is 111 cm³/mol. The number of carbonyl (C=O) groups is 1. The SMILES string of the molecule is CC(Sc1nc2ccccc2c(=O)n1C(C)C)C(=O)Nc1cccc(C#N)c1. The van der Waals surface area contributed by atoms with Crippen molar-refractivity contribution in [3.05, 3.63) is 64.4 Å². The molecule has 0 saturated carbocycles. The Labute approximate surface area is 167 Å². The van der Waals surface area contributed by atoms with Crippen molar-refractivity contribution >= 4 is 34.3 Å². The Hall–Kier alpha value is -3.11. The molecule has 1 heterocycles. The number of benzene rings is 2. The number of aromatic nitrogens is 2. The fourth-order valence-corrected chi connectivity index (χ4v) is 3.83. The number of nitrogens with one attached hydrogen (secondary N) is 1. The molecule has 1 aromatic heterocycles. The molecular weight excluding hydrogens is 372 g/mol. The van der Waals surface area contributed by atoms with Crippen molar-refractivity contribution in [3.63, 3.8) is 0 Å². The molecule has 0 radical (unpaired) electrons. The summed E-state index contributed by atoms with van der Waals surface area (Å²) in [6.45, 7) is 5.60. The van der Waals surface area contributed by atoms with E-state index in [4.69, 9.17) is 5.26 Å². The van der Waals surface area contributed by atoms with E-state index in [1.807, 2.05) is 32.0 Å². The van der Waals surface area contributed by atoms with Crippen LogP contribution < -0.4 is 10.9 Å². The van der Waals surface area contributed by atoms with E-state index in [0.29, 0.717) is 27.3 Å². The number of anilines is 1. The highest BCUT2D eigenvalue weighted by molar-refractivity contribution is 8.00. The zero-order chi connectivity index (χ0) is 20.3. The monoisotopic (exact) mass is 392 g/mol. The van der Waals surface area contributed by atoms with Crippen LogP contribution in [0.1, 0.15) is 32.4 Å². The Morgan fingerprint density at radius 1 is 1.18 bits per heavy atom. The van der Waals surface area contributed by atoms with E-state index in [1.54, 1.807) is 47.9 Å². The Bertz CT molecular complexity index is 1130. The number of thioether (sulfide) groups is 1. The van der Waals surface area contributed by atoms with Gasteiger partial charge in [-0.1, -0.05) is 30.0 Å². The molecule has 1 unspecified atom stereocenters. The predicted octanol–water partition coefficient (Wildman–Crippen LogP) is 3.97. The molecular formula is C21H20N4O2S. The molecule has 3 rings (SSSR count). The molecule has 2 aromatic carbocycles. The third-order valence-corrected chi connectivity index (χ3v) is 5.27. The van der Waals surface area contributed by atoms with Gasteiger partial charge in [0.1, 0.15) is 0 Å². The first kappa shape index (κ1) is 19.6. The number of amides is 1. The van der Waals surface area contributed by atoms with Crippen LogP contribution >= 0.6 is 11.8 Å². The van der Waals surface area contributed by atoms with Gasteiger partial charge in [-0.2, -0.15) is 5.26 Å². The summed E-state index contributed by atoms with van der Waals surface area (Å²) in [6.07, 6.45) is 0. The summed E-state index contributed by atoms with van der Waals surface area (Å²) in [6, 6.07) is 15.9. The summed E-state index contributed by atoms with van der Waals surface area (Å²) in [5, 5.41) is 12.4. The number of nitrogens with zero attached hydrogens (tertiary/aromatic N) is 3. The Morgan fingerprint density at radius 2 is 1.93 bits per heavy atom. The van der Waals surface area contributed by atoms with Crippen molar-refractivity contribution in [2.24, 2.45) is 0 Å². The van der Waals surface area contributed by atoms with Gasteiger partial charge >= 0.3 is 0 Å². The molecule has 0 spiro atoms. The smallest absolute Gasteiger partial charge is 0.262 e. The molecule has 6 nitrogen and oxygen atoms in total. The zero-order valence-corrected chi connectivity index (χ0v) is 16.7. The number of para-hydroxylation sites is 1. The van der Waals surface area contributed by atoms with Gasteiger partial charge < -0.3 is 5.32 Å². The summed E-state index contributed by atoms with van der Waals surface area (Å²) in [4.78, 5) is 30.1. The summed E-state index contributed by atoms with van der Waals surface area (Å²) in [5.41, 5.74) is 1.53. The fraction of sp³-hybridized carbons (Fsp3) is 0.238. The minimum absolute atomic E-state index is 0.0883. The van der Waals surface area contributed by atoms with Crippen molar-refractivity contribution < 1.29 is 4.79 Å². The van der Waals surface area contributed by atoms with E-state index in [2.05, 4.69) is 10.3 Å². The standard InChI is InChI=1S/C21H20N4O2S/c1-13(2)25-20(27)17-9-4-5-10-18(17)24-21(25)28-14(3)19(26)23-16-8-6-7-15(11-16)12-22/h4-11,13-14H,1-3H3,(H,23,26). The first-order valence-electron chi connectivity index (χ1n) is 8.89. The lowest BCUT2D eigenvalue weighted by Crippen LogP contribution is -2.28. The molecule has 0 aliphatic heterocycles. The van der Waals surface area contributed by atoms with E-state index in [1.165, 1.54) is 11.8 Å². The van der Waals surface area contributed by atoms with E-state index >= 15 is 0 Å². The average Bonchev–Trinajstić information content (AvgIpc) is 2.68. The van der Waals surface area contributed by atoms with Gasteiger partial charge in [0.2, 0.25) is 5.91 Å². The number of rotatable bonds is 5. The van der Waals surface area contributed by atoms with Crippen LogP contribution in [0.4, 0.5) is 5.69 Å². The lowest BCUT2D eigenvalue weighted by atomic mass is 10.2. The molecule has 0 aliphatic carbocycles. The Kier molecular flexibility index (Phi) is 5.81. The maximum Gasteiger partial charge on any atom is 0.262 e. The highest BCUT2D eigenvalue weighted by atomic mass is 32.2. The molecule has 142 valence electrons. The van der Waals surface area contributed by atoms with Gasteiger partial charge in [0.05, 0.1) is 27.8 Å². The van der Waals surface area contributed by atoms with Crippen molar-refractivity contribution in [1.29, 1.82) is 5.26 Å². The topological polar surface area (TPSA) is 87.8 Å². The van der Waals surface area contributed by atoms with E-state index in [-0.39, 0.29) is 17.5 Å². The molecule has 0 saturated heterocycles. The third-order valence-electron chi connectivity index (χ3n) is 4.20. The molecule has 1 atom stereocenters. The van der Waals surface area contributed by atoms with Crippen molar-refractivity contribution in [1.82, 2.24) is 9.55 Å². The normalized spacial score (nSPS) is 12.0. The van der Waals surface area contributed by atoms with Gasteiger partial charge in [-0.05, 0) is 51.1 Å². The number of hydrogen-bond acceptors (Lipinski definition) is 5. The van der Waals surface area contributed by atoms with Gasteiger partial charge in [0.25, 0.3) is 5.56 Å². The lowest BCUT2D eigenvalue weighted by molar-refractivity contribution is -0.115. The first-order chi connectivity index (χ1) is 13.4. The third kappa shape index (κ3) is 4.07. The number of nitriles is 1. The van der Waals surface area contributed by atoms with Crippen molar-refractivity contribution in [2.45, 2.75) is 37.2 Å². The van der Waals surface area contributed by atoms with Crippen molar-refractivity contribution in [2.75, 3.05) is 5.32 Å². The van der Waals surface area contributed by atoms with Crippen LogP contribution in [-0.2, 0) is 4.79 Å². The molecule has 0 bridgehead atoms. The number of fused-ring (bicyclic) bond motifs is 1. The zero-order valence-electron chi connectivity index (χ0n) is 15.8. The maximum absolute atomic E-state index is 12.9. The molecule has 0 aliphatic rings. The molecule has 1 N–H and O–H groups in total. The van der Waals surface area contributed by atoms with Crippen LogP contribution in [-0.4, -0.2) is 20.7 Å². The Balaban J connectivity index is 1.88. The van der Waals surface area contributed by atoms with Gasteiger partial charge in [-0.15, -0.1) is 0 Å². The molecule has 1 amide bonds. The largest absolute Gasteiger partial charge is 0.325 e. The molecule has 0 fully saturated rings. The van der Waals surface area contributed by atoms with Crippen molar-refractivity contribution in [3.8, 4) is 6.07 Å². The lowest BCUT2D eigenvalue weighted by Gasteiger charge is -2.18. The second-order valence-corrected chi connectivity index (χ2v) is 7.93. The maximum atomic E-state index is 12.9.